The largest absolute Gasteiger partial charge is 0.331 e. The van der Waals surface area contributed by atoms with Crippen LogP contribution in [0.3, 0.4) is 0 Å². The van der Waals surface area contributed by atoms with Gasteiger partial charge in [0.25, 0.3) is 0 Å². The molecule has 1 heterocycles. The van der Waals surface area contributed by atoms with E-state index in [2.05, 4.69) is 56.4 Å². The molecule has 0 unspecified atom stereocenters. The minimum atomic E-state index is 0.571. The molecule has 0 spiro atoms. The number of nitrogens with zero attached hydrogens (tertiary/aromatic N) is 2. The molecule has 0 saturated heterocycles. The van der Waals surface area contributed by atoms with Crippen LogP contribution in [0.25, 0.3) is 11.0 Å². The second-order valence-electron chi connectivity index (χ2n) is 4.77. The molecule has 2 aromatic rings. The monoisotopic (exact) mass is 276 g/mol. The van der Waals surface area contributed by atoms with Crippen LogP contribution < -0.4 is 0 Å². The van der Waals surface area contributed by atoms with Crippen molar-refractivity contribution in [3.8, 4) is 0 Å². The molecule has 0 amide bonds. The van der Waals surface area contributed by atoms with Crippen LogP contribution in [-0.2, 0) is 13.5 Å². The van der Waals surface area contributed by atoms with Crippen molar-refractivity contribution < 1.29 is 0 Å². The smallest absolute Gasteiger partial charge is 0.106 e. The number of hydrogen-bond donors (Lipinski definition) is 0. The van der Waals surface area contributed by atoms with Gasteiger partial charge in [-0.3, -0.25) is 0 Å². The lowest BCUT2D eigenvalue weighted by Gasteiger charge is -2.11. The highest BCUT2D eigenvalue weighted by molar-refractivity contribution is 5.78. The van der Waals surface area contributed by atoms with E-state index in [1.165, 1.54) is 16.6 Å². The molecule has 0 saturated carbocycles. The molecule has 0 atom stereocenters. The summed E-state index contributed by atoms with van der Waals surface area (Å²) in [6.07, 6.45) is 1.09. The topological polar surface area (TPSA) is 17.8 Å². The molecule has 2 rings (SSSR count). The summed E-state index contributed by atoms with van der Waals surface area (Å²) in [7, 11) is 2.08. The zero-order valence-electron chi connectivity index (χ0n) is 14.8. The molecular weight excluding hydrogens is 244 g/mol. The molecule has 0 aliphatic carbocycles. The molecule has 0 N–H and O–H groups in total. The van der Waals surface area contributed by atoms with Crippen molar-refractivity contribution in [3.63, 3.8) is 0 Å². The number of benzene rings is 1. The van der Waals surface area contributed by atoms with Crippen molar-refractivity contribution in [1.82, 2.24) is 9.55 Å². The first kappa shape index (κ1) is 18.7. The maximum absolute atomic E-state index is 4.59. The van der Waals surface area contributed by atoms with Crippen molar-refractivity contribution in [3.05, 3.63) is 29.1 Å². The quantitative estimate of drug-likeness (QED) is 0.696. The van der Waals surface area contributed by atoms with Gasteiger partial charge in [0.2, 0.25) is 0 Å². The number of hydrogen-bond acceptors (Lipinski definition) is 1. The fourth-order valence-electron chi connectivity index (χ4n) is 2.26. The maximum atomic E-state index is 4.59. The number of rotatable bonds is 2. The molecule has 2 heteroatoms. The summed E-state index contributed by atoms with van der Waals surface area (Å²) >= 11 is 0. The second-order valence-corrected chi connectivity index (χ2v) is 4.77. The molecule has 0 aliphatic rings. The van der Waals surface area contributed by atoms with E-state index in [9.17, 15) is 0 Å². The van der Waals surface area contributed by atoms with Gasteiger partial charge in [-0.05, 0) is 42.5 Å². The van der Waals surface area contributed by atoms with E-state index in [1.54, 1.807) is 0 Å². The molecule has 0 bridgehead atoms. The fraction of sp³-hybridized carbons (Fsp3) is 0.611. The summed E-state index contributed by atoms with van der Waals surface area (Å²) in [6, 6.07) is 4.55. The van der Waals surface area contributed by atoms with Crippen molar-refractivity contribution in [2.75, 3.05) is 0 Å². The van der Waals surface area contributed by atoms with Gasteiger partial charge >= 0.3 is 0 Å². The van der Waals surface area contributed by atoms with Gasteiger partial charge in [-0.2, -0.15) is 0 Å². The Morgan fingerprint density at radius 3 is 2.10 bits per heavy atom. The molecule has 0 radical (unpaired) electrons. The third kappa shape index (κ3) is 3.84. The summed E-state index contributed by atoms with van der Waals surface area (Å²) in [5.74, 6) is 1.65. The minimum absolute atomic E-state index is 0.571. The van der Waals surface area contributed by atoms with Crippen LogP contribution in [-0.4, -0.2) is 9.55 Å². The van der Waals surface area contributed by atoms with Crippen molar-refractivity contribution in [2.24, 2.45) is 7.05 Å². The summed E-state index contributed by atoms with van der Waals surface area (Å²) in [4.78, 5) is 4.59. The van der Waals surface area contributed by atoms with Crippen LogP contribution in [0.2, 0.25) is 0 Å². The maximum Gasteiger partial charge on any atom is 0.106 e. The highest BCUT2D eigenvalue weighted by Gasteiger charge is 2.11. The SMILES string of the molecule is CC.CC.CCc1cc2c(cc1C(C)C)nc(C)n2C. The van der Waals surface area contributed by atoms with Crippen LogP contribution in [0.5, 0.6) is 0 Å². The Bertz CT molecular complexity index is 522. The average Bonchev–Trinajstić information content (AvgIpc) is 2.76. The van der Waals surface area contributed by atoms with E-state index in [1.807, 2.05) is 27.7 Å². The zero-order chi connectivity index (χ0) is 15.9. The van der Waals surface area contributed by atoms with E-state index in [0.29, 0.717) is 5.92 Å². The normalized spacial score (nSPS) is 9.90. The summed E-state index contributed by atoms with van der Waals surface area (Å²) in [5, 5.41) is 0. The lowest BCUT2D eigenvalue weighted by atomic mass is 9.95. The Hall–Kier alpha value is -1.31. The van der Waals surface area contributed by atoms with Gasteiger partial charge in [-0.25, -0.2) is 4.98 Å². The summed E-state index contributed by atoms with van der Waals surface area (Å²) in [6.45, 7) is 16.8. The number of imidazole rings is 1. The van der Waals surface area contributed by atoms with Gasteiger partial charge in [0.15, 0.2) is 0 Å². The molecule has 0 fully saturated rings. The average molecular weight is 276 g/mol. The number of aryl methyl sites for hydroxylation is 3. The molecule has 1 aromatic heterocycles. The van der Waals surface area contributed by atoms with E-state index >= 15 is 0 Å². The first-order chi connectivity index (χ1) is 9.54. The first-order valence-electron chi connectivity index (χ1n) is 8.00. The lowest BCUT2D eigenvalue weighted by molar-refractivity contribution is 0.845. The Balaban J connectivity index is 0.000000829. The predicted octanol–water partition coefficient (Wildman–Crippen LogP) is 5.62. The van der Waals surface area contributed by atoms with E-state index in [4.69, 9.17) is 0 Å². The molecule has 1 aromatic carbocycles. The second kappa shape index (κ2) is 8.78. The predicted molar refractivity (Wildman–Crippen MR) is 91.6 cm³/mol. The Labute approximate surface area is 125 Å². The standard InChI is InChI=1S/C14H20N2.2C2H6/c1-6-11-7-14-13(8-12(11)9(2)3)15-10(4)16(14)5;2*1-2/h7-9H,6H2,1-5H3;2*1-2H3. The third-order valence-corrected chi connectivity index (χ3v) is 3.37. The summed E-state index contributed by atoms with van der Waals surface area (Å²) in [5.41, 5.74) is 5.26. The van der Waals surface area contributed by atoms with Crippen molar-refractivity contribution >= 4 is 11.0 Å². The van der Waals surface area contributed by atoms with Crippen LogP contribution in [0, 0.1) is 6.92 Å². The van der Waals surface area contributed by atoms with Crippen molar-refractivity contribution in [2.45, 2.75) is 67.7 Å². The van der Waals surface area contributed by atoms with Crippen molar-refractivity contribution in [1.29, 1.82) is 0 Å². The van der Waals surface area contributed by atoms with Crippen LogP contribution in [0.15, 0.2) is 12.1 Å². The molecule has 0 aliphatic heterocycles. The third-order valence-electron chi connectivity index (χ3n) is 3.37. The van der Waals surface area contributed by atoms with Crippen LogP contribution in [0.4, 0.5) is 0 Å². The highest BCUT2D eigenvalue weighted by Crippen LogP contribution is 2.26. The van der Waals surface area contributed by atoms with E-state index in [-0.39, 0.29) is 0 Å². The Morgan fingerprint density at radius 1 is 1.10 bits per heavy atom. The van der Waals surface area contributed by atoms with Gasteiger partial charge in [-0.15, -0.1) is 0 Å². The molecule has 2 nitrogen and oxygen atoms in total. The highest BCUT2D eigenvalue weighted by atomic mass is 15.0. The first-order valence-corrected chi connectivity index (χ1v) is 8.00. The van der Waals surface area contributed by atoms with Gasteiger partial charge < -0.3 is 4.57 Å². The van der Waals surface area contributed by atoms with E-state index in [0.717, 1.165) is 17.8 Å². The summed E-state index contributed by atoms with van der Waals surface area (Å²) < 4.78 is 2.17. The van der Waals surface area contributed by atoms with Gasteiger partial charge in [0.05, 0.1) is 11.0 Å². The molecule has 20 heavy (non-hydrogen) atoms. The zero-order valence-corrected chi connectivity index (χ0v) is 14.8. The van der Waals surface area contributed by atoms with Crippen LogP contribution >= 0.6 is 0 Å². The van der Waals surface area contributed by atoms with Gasteiger partial charge in [0.1, 0.15) is 5.82 Å². The Kier molecular flexibility index (Phi) is 8.21. The minimum Gasteiger partial charge on any atom is -0.331 e. The lowest BCUT2D eigenvalue weighted by Crippen LogP contribution is -1.97. The Morgan fingerprint density at radius 2 is 1.65 bits per heavy atom. The fourth-order valence-corrected chi connectivity index (χ4v) is 2.26. The van der Waals surface area contributed by atoms with E-state index < -0.39 is 0 Å². The van der Waals surface area contributed by atoms with Crippen LogP contribution in [0.1, 0.15) is 71.3 Å². The number of aromatic nitrogens is 2. The molecule has 114 valence electrons. The number of fused-ring (bicyclic) bond motifs is 1. The van der Waals surface area contributed by atoms with Gasteiger partial charge in [0, 0.05) is 7.05 Å². The van der Waals surface area contributed by atoms with Gasteiger partial charge in [-0.1, -0.05) is 48.5 Å². The molecular formula is C18H32N2.